The van der Waals surface area contributed by atoms with Crippen molar-refractivity contribution in [1.82, 2.24) is 9.80 Å². The van der Waals surface area contributed by atoms with Crippen LogP contribution in [0.1, 0.15) is 52.4 Å². The van der Waals surface area contributed by atoms with Crippen LogP contribution in [-0.2, 0) is 4.79 Å². The molecular weight excluding hydrogens is 338 g/mol. The number of carbonyl (C=O) groups is 1. The molecule has 5 nitrogen and oxygen atoms in total. The van der Waals surface area contributed by atoms with Gasteiger partial charge in [-0.1, -0.05) is 13.8 Å². The van der Waals surface area contributed by atoms with E-state index in [0.717, 1.165) is 38.6 Å². The zero-order chi connectivity index (χ0) is 19.1. The number of rotatable bonds is 5. The molecule has 2 aliphatic heterocycles. The number of likely N-dealkylation sites (tertiary alicyclic amines) is 2. The maximum absolute atomic E-state index is 13.6. The van der Waals surface area contributed by atoms with Gasteiger partial charge in [0, 0.05) is 24.9 Å². The first-order chi connectivity index (χ1) is 12.2. The molecular formula is C19H32F2N4O. The Morgan fingerprint density at radius 1 is 1.31 bits per heavy atom. The summed E-state index contributed by atoms with van der Waals surface area (Å²) in [5.41, 5.74) is 5.75. The Hall–Kier alpha value is -1.24. The van der Waals surface area contributed by atoms with Gasteiger partial charge in [-0.05, 0) is 50.5 Å². The van der Waals surface area contributed by atoms with Crippen molar-refractivity contribution >= 4 is 11.7 Å². The van der Waals surface area contributed by atoms with Gasteiger partial charge in [0.15, 0.2) is 0 Å². The fourth-order valence-corrected chi connectivity index (χ4v) is 4.93. The maximum atomic E-state index is 13.6. The number of nitrogens with zero attached hydrogens (tertiary/aromatic N) is 2. The number of nitrogens with two attached hydrogens (primary N) is 1. The minimum absolute atomic E-state index is 0.0859. The van der Waals surface area contributed by atoms with Crippen LogP contribution >= 0.6 is 0 Å². The summed E-state index contributed by atoms with van der Waals surface area (Å²) in [4.78, 5) is 16.7. The Kier molecular flexibility index (Phi) is 5.56. The van der Waals surface area contributed by atoms with Crippen molar-refractivity contribution in [3.05, 3.63) is 0 Å². The second kappa shape index (κ2) is 7.41. The van der Waals surface area contributed by atoms with E-state index in [-0.39, 0.29) is 42.7 Å². The molecule has 2 heterocycles. The van der Waals surface area contributed by atoms with Gasteiger partial charge in [0.05, 0.1) is 18.4 Å². The van der Waals surface area contributed by atoms with E-state index < -0.39 is 12.5 Å². The van der Waals surface area contributed by atoms with Crippen LogP contribution in [0.4, 0.5) is 8.78 Å². The normalized spacial score (nSPS) is 34.3. The molecule has 7 heteroatoms. The molecule has 1 amide bonds. The molecule has 0 radical (unpaired) electrons. The van der Waals surface area contributed by atoms with Crippen LogP contribution in [0.3, 0.4) is 0 Å². The van der Waals surface area contributed by atoms with Gasteiger partial charge in [0.25, 0.3) is 5.92 Å². The molecule has 0 aromatic rings. The lowest BCUT2D eigenvalue weighted by atomic mass is 9.78. The summed E-state index contributed by atoms with van der Waals surface area (Å²) in [6, 6.07) is -0.0446. The van der Waals surface area contributed by atoms with Crippen LogP contribution in [0.25, 0.3) is 0 Å². The monoisotopic (exact) mass is 370 g/mol. The first kappa shape index (κ1) is 19.5. The lowest BCUT2D eigenvalue weighted by Crippen LogP contribution is -2.49. The molecule has 0 bridgehead atoms. The van der Waals surface area contributed by atoms with Crippen molar-refractivity contribution in [2.24, 2.45) is 23.5 Å². The second-order valence-corrected chi connectivity index (χ2v) is 8.83. The molecule has 0 spiro atoms. The molecule has 1 saturated carbocycles. The van der Waals surface area contributed by atoms with Crippen molar-refractivity contribution in [2.75, 3.05) is 19.6 Å². The number of halogens is 2. The SMILES string of the molecule is CC(C)CCN1C(C(=O)N2CCC(F)(F)C2)CC2CCC(C(=N)N)CC21. The summed E-state index contributed by atoms with van der Waals surface area (Å²) < 4.78 is 27.2. The van der Waals surface area contributed by atoms with Crippen molar-refractivity contribution in [1.29, 1.82) is 5.41 Å². The van der Waals surface area contributed by atoms with Gasteiger partial charge >= 0.3 is 0 Å². The standard InChI is InChI=1S/C19H32F2N4O/c1-12(2)5-7-25-15-10-14(17(22)23)4-3-13(15)9-16(25)18(26)24-8-6-19(20,21)11-24/h12-16H,3-11H2,1-2H3,(H3,22,23). The van der Waals surface area contributed by atoms with Gasteiger partial charge in [-0.25, -0.2) is 8.78 Å². The highest BCUT2D eigenvalue weighted by atomic mass is 19.3. The zero-order valence-corrected chi connectivity index (χ0v) is 15.9. The molecule has 3 aliphatic rings. The van der Waals surface area contributed by atoms with Crippen LogP contribution in [-0.4, -0.2) is 59.2 Å². The third kappa shape index (κ3) is 4.02. The van der Waals surface area contributed by atoms with Crippen LogP contribution < -0.4 is 5.73 Å². The molecule has 0 aromatic carbocycles. The molecule has 4 unspecified atom stereocenters. The van der Waals surface area contributed by atoms with Crippen LogP contribution in [0.2, 0.25) is 0 Å². The predicted octanol–water partition coefficient (Wildman–Crippen LogP) is 2.70. The van der Waals surface area contributed by atoms with Crippen molar-refractivity contribution in [3.8, 4) is 0 Å². The van der Waals surface area contributed by atoms with E-state index in [1.165, 1.54) is 4.90 Å². The number of amides is 1. The molecule has 3 N–H and O–H groups in total. The molecule has 4 atom stereocenters. The highest BCUT2D eigenvalue weighted by Gasteiger charge is 2.50. The molecule has 0 aromatic heterocycles. The largest absolute Gasteiger partial charge is 0.387 e. The zero-order valence-electron chi connectivity index (χ0n) is 15.9. The summed E-state index contributed by atoms with van der Waals surface area (Å²) in [5.74, 6) is -1.62. The van der Waals surface area contributed by atoms with Crippen LogP contribution in [0, 0.1) is 23.2 Å². The van der Waals surface area contributed by atoms with E-state index in [4.69, 9.17) is 11.1 Å². The summed E-state index contributed by atoms with van der Waals surface area (Å²) in [6.07, 6.45) is 4.20. The first-order valence-electron chi connectivity index (χ1n) is 9.94. The Morgan fingerprint density at radius 3 is 2.62 bits per heavy atom. The van der Waals surface area contributed by atoms with Crippen molar-refractivity contribution in [3.63, 3.8) is 0 Å². The van der Waals surface area contributed by atoms with E-state index in [1.807, 2.05) is 0 Å². The molecule has 2 saturated heterocycles. The molecule has 148 valence electrons. The van der Waals surface area contributed by atoms with Gasteiger partial charge < -0.3 is 10.6 Å². The third-order valence-corrected chi connectivity index (χ3v) is 6.48. The number of alkyl halides is 2. The first-order valence-corrected chi connectivity index (χ1v) is 9.94. The Labute approximate surface area is 154 Å². The van der Waals surface area contributed by atoms with E-state index in [1.54, 1.807) is 0 Å². The number of nitrogens with one attached hydrogen (secondary N) is 1. The van der Waals surface area contributed by atoms with Gasteiger partial charge in [-0.15, -0.1) is 0 Å². The lowest BCUT2D eigenvalue weighted by Gasteiger charge is -2.37. The van der Waals surface area contributed by atoms with Gasteiger partial charge in [-0.2, -0.15) is 0 Å². The molecule has 26 heavy (non-hydrogen) atoms. The Bertz CT molecular complexity index is 554. The minimum Gasteiger partial charge on any atom is -0.387 e. The number of hydrogen-bond acceptors (Lipinski definition) is 3. The van der Waals surface area contributed by atoms with Gasteiger partial charge in [0.1, 0.15) is 0 Å². The summed E-state index contributed by atoms with van der Waals surface area (Å²) in [7, 11) is 0. The number of amidine groups is 1. The van der Waals surface area contributed by atoms with Gasteiger partial charge in [-0.3, -0.25) is 15.1 Å². The van der Waals surface area contributed by atoms with E-state index in [2.05, 4.69) is 18.7 Å². The fraction of sp³-hybridized carbons (Fsp3) is 0.895. The highest BCUT2D eigenvalue weighted by molar-refractivity contribution is 5.83. The second-order valence-electron chi connectivity index (χ2n) is 8.83. The quantitative estimate of drug-likeness (QED) is 0.577. The maximum Gasteiger partial charge on any atom is 0.267 e. The third-order valence-electron chi connectivity index (χ3n) is 6.48. The number of carbonyl (C=O) groups excluding carboxylic acids is 1. The minimum atomic E-state index is -2.75. The topological polar surface area (TPSA) is 73.4 Å². The lowest BCUT2D eigenvalue weighted by molar-refractivity contribution is -0.137. The smallest absolute Gasteiger partial charge is 0.267 e. The summed E-state index contributed by atoms with van der Waals surface area (Å²) in [5, 5.41) is 7.79. The fourth-order valence-electron chi connectivity index (χ4n) is 4.93. The van der Waals surface area contributed by atoms with E-state index in [9.17, 15) is 13.6 Å². The predicted molar refractivity (Wildman–Crippen MR) is 97.2 cm³/mol. The highest BCUT2D eigenvalue weighted by Crippen LogP contribution is 2.43. The Morgan fingerprint density at radius 2 is 2.04 bits per heavy atom. The number of fused-ring (bicyclic) bond motifs is 1. The average molecular weight is 370 g/mol. The van der Waals surface area contributed by atoms with E-state index in [0.29, 0.717) is 11.8 Å². The van der Waals surface area contributed by atoms with Crippen molar-refractivity contribution < 1.29 is 13.6 Å². The van der Waals surface area contributed by atoms with E-state index >= 15 is 0 Å². The van der Waals surface area contributed by atoms with Crippen LogP contribution in [0.5, 0.6) is 0 Å². The Balaban J connectivity index is 1.75. The summed E-state index contributed by atoms with van der Waals surface area (Å²) in [6.45, 7) is 4.84. The van der Waals surface area contributed by atoms with Crippen LogP contribution in [0.15, 0.2) is 0 Å². The van der Waals surface area contributed by atoms with Gasteiger partial charge in [0.2, 0.25) is 5.91 Å². The molecule has 3 rings (SSSR count). The summed E-state index contributed by atoms with van der Waals surface area (Å²) >= 11 is 0. The molecule has 3 fully saturated rings. The molecule has 1 aliphatic carbocycles. The van der Waals surface area contributed by atoms with Crippen molar-refractivity contribution in [2.45, 2.75) is 70.4 Å². The average Bonchev–Trinajstić information content (AvgIpc) is 3.11. The number of hydrogen-bond donors (Lipinski definition) is 2.